The highest BCUT2D eigenvalue weighted by molar-refractivity contribution is 5.65. The fourth-order valence-corrected chi connectivity index (χ4v) is 2.02. The average Bonchev–Trinajstić information content (AvgIpc) is 2.93. The molecule has 3 aromatic rings. The number of hydrogen-bond acceptors (Lipinski definition) is 4. The zero-order valence-electron chi connectivity index (χ0n) is 10.3. The Bertz CT molecular complexity index is 661. The zero-order chi connectivity index (χ0) is 13.1. The first-order chi connectivity index (χ1) is 9.40. The summed E-state index contributed by atoms with van der Waals surface area (Å²) in [7, 11) is 0. The summed E-state index contributed by atoms with van der Waals surface area (Å²) in [5, 5.41) is 12.3. The summed E-state index contributed by atoms with van der Waals surface area (Å²) < 4.78 is 1.77. The molecule has 94 valence electrons. The Labute approximate surface area is 110 Å². The number of rotatable bonds is 3. The van der Waals surface area contributed by atoms with Crippen LogP contribution in [0.3, 0.4) is 0 Å². The van der Waals surface area contributed by atoms with E-state index in [0.717, 1.165) is 16.8 Å². The lowest BCUT2D eigenvalue weighted by Crippen LogP contribution is -2.04. The minimum Gasteiger partial charge on any atom is -0.326 e. The van der Waals surface area contributed by atoms with Gasteiger partial charge < -0.3 is 5.73 Å². The predicted molar refractivity (Wildman–Crippen MR) is 72.5 cm³/mol. The summed E-state index contributed by atoms with van der Waals surface area (Å²) in [5.41, 5.74) is 8.80. The molecule has 0 fully saturated rings. The first kappa shape index (κ1) is 11.6. The van der Waals surface area contributed by atoms with Crippen molar-refractivity contribution in [3.05, 3.63) is 60.4 Å². The van der Waals surface area contributed by atoms with Crippen LogP contribution < -0.4 is 5.73 Å². The molecule has 0 bridgehead atoms. The van der Waals surface area contributed by atoms with E-state index in [2.05, 4.69) is 15.3 Å². The minimum atomic E-state index is 0.435. The molecule has 0 aliphatic rings. The van der Waals surface area contributed by atoms with Crippen LogP contribution in [0.1, 0.15) is 5.56 Å². The SMILES string of the molecule is NCc1cnn(-c2cccnn2)c1-c1ccccc1. The van der Waals surface area contributed by atoms with Crippen molar-refractivity contribution in [2.75, 3.05) is 0 Å². The van der Waals surface area contributed by atoms with Crippen LogP contribution in [0.5, 0.6) is 0 Å². The molecule has 2 aromatic heterocycles. The Morgan fingerprint density at radius 1 is 1.05 bits per heavy atom. The third-order valence-electron chi connectivity index (χ3n) is 2.89. The molecule has 0 radical (unpaired) electrons. The largest absolute Gasteiger partial charge is 0.326 e. The Morgan fingerprint density at radius 3 is 2.58 bits per heavy atom. The molecule has 0 saturated heterocycles. The number of aromatic nitrogens is 4. The number of hydrogen-bond donors (Lipinski definition) is 1. The normalized spacial score (nSPS) is 10.6. The van der Waals surface area contributed by atoms with Gasteiger partial charge in [0.25, 0.3) is 0 Å². The van der Waals surface area contributed by atoms with Gasteiger partial charge in [0.15, 0.2) is 5.82 Å². The van der Waals surface area contributed by atoms with E-state index >= 15 is 0 Å². The summed E-state index contributed by atoms with van der Waals surface area (Å²) in [6, 6.07) is 13.7. The predicted octanol–water partition coefficient (Wildman–Crippen LogP) is 1.79. The molecule has 0 saturated carbocycles. The van der Waals surface area contributed by atoms with Crippen LogP contribution in [-0.4, -0.2) is 20.0 Å². The molecule has 0 atom stereocenters. The molecular weight excluding hydrogens is 238 g/mol. The van der Waals surface area contributed by atoms with Crippen LogP contribution >= 0.6 is 0 Å². The fraction of sp³-hybridized carbons (Fsp3) is 0.0714. The maximum atomic E-state index is 5.79. The van der Waals surface area contributed by atoms with Crippen molar-refractivity contribution in [3.8, 4) is 17.1 Å². The molecule has 19 heavy (non-hydrogen) atoms. The van der Waals surface area contributed by atoms with Gasteiger partial charge in [0.1, 0.15) is 0 Å². The average molecular weight is 251 g/mol. The lowest BCUT2D eigenvalue weighted by molar-refractivity contribution is 0.820. The van der Waals surface area contributed by atoms with Crippen LogP contribution in [0.15, 0.2) is 54.9 Å². The minimum absolute atomic E-state index is 0.435. The van der Waals surface area contributed by atoms with Gasteiger partial charge in [-0.2, -0.15) is 10.2 Å². The van der Waals surface area contributed by atoms with E-state index in [0.29, 0.717) is 12.4 Å². The highest BCUT2D eigenvalue weighted by atomic mass is 15.3. The van der Waals surface area contributed by atoms with Crippen molar-refractivity contribution in [2.24, 2.45) is 5.73 Å². The highest BCUT2D eigenvalue weighted by Gasteiger charge is 2.13. The molecule has 3 rings (SSSR count). The Hall–Kier alpha value is -2.53. The van der Waals surface area contributed by atoms with Crippen LogP contribution in [0.25, 0.3) is 17.1 Å². The standard InChI is InChI=1S/C14H13N5/c15-9-12-10-17-19(13-7-4-8-16-18-13)14(12)11-5-2-1-3-6-11/h1-8,10H,9,15H2. The monoisotopic (exact) mass is 251 g/mol. The Kier molecular flexibility index (Phi) is 3.04. The van der Waals surface area contributed by atoms with Crippen molar-refractivity contribution < 1.29 is 0 Å². The highest BCUT2D eigenvalue weighted by Crippen LogP contribution is 2.25. The van der Waals surface area contributed by atoms with Gasteiger partial charge in [-0.25, -0.2) is 4.68 Å². The third-order valence-corrected chi connectivity index (χ3v) is 2.89. The molecule has 1 aromatic carbocycles. The van der Waals surface area contributed by atoms with Crippen molar-refractivity contribution in [1.29, 1.82) is 0 Å². The molecular formula is C14H13N5. The first-order valence-electron chi connectivity index (χ1n) is 6.00. The van der Waals surface area contributed by atoms with E-state index in [-0.39, 0.29) is 0 Å². The summed E-state index contributed by atoms with van der Waals surface area (Å²) in [5.74, 6) is 0.682. The van der Waals surface area contributed by atoms with Crippen molar-refractivity contribution in [1.82, 2.24) is 20.0 Å². The Morgan fingerprint density at radius 2 is 1.89 bits per heavy atom. The molecule has 0 aliphatic carbocycles. The maximum absolute atomic E-state index is 5.79. The van der Waals surface area contributed by atoms with E-state index in [1.54, 1.807) is 17.1 Å². The van der Waals surface area contributed by atoms with Gasteiger partial charge in [0, 0.05) is 23.9 Å². The zero-order valence-corrected chi connectivity index (χ0v) is 10.3. The van der Waals surface area contributed by atoms with Crippen molar-refractivity contribution in [3.63, 3.8) is 0 Å². The summed E-state index contributed by atoms with van der Waals surface area (Å²) >= 11 is 0. The van der Waals surface area contributed by atoms with Gasteiger partial charge in [-0.1, -0.05) is 30.3 Å². The van der Waals surface area contributed by atoms with Crippen molar-refractivity contribution >= 4 is 0 Å². The van der Waals surface area contributed by atoms with Crippen LogP contribution in [0.2, 0.25) is 0 Å². The molecule has 5 nitrogen and oxygen atoms in total. The third kappa shape index (κ3) is 2.11. The van der Waals surface area contributed by atoms with E-state index < -0.39 is 0 Å². The molecule has 0 spiro atoms. The number of nitrogens with two attached hydrogens (primary N) is 1. The molecule has 5 heteroatoms. The van der Waals surface area contributed by atoms with Crippen molar-refractivity contribution in [2.45, 2.75) is 6.54 Å². The summed E-state index contributed by atoms with van der Waals surface area (Å²) in [4.78, 5) is 0. The van der Waals surface area contributed by atoms with Gasteiger partial charge in [0.05, 0.1) is 11.9 Å². The van der Waals surface area contributed by atoms with E-state index in [9.17, 15) is 0 Å². The van der Waals surface area contributed by atoms with E-state index in [4.69, 9.17) is 5.73 Å². The van der Waals surface area contributed by atoms with Crippen LogP contribution in [0, 0.1) is 0 Å². The van der Waals surface area contributed by atoms with E-state index in [1.807, 2.05) is 42.5 Å². The van der Waals surface area contributed by atoms with Gasteiger partial charge in [-0.3, -0.25) is 0 Å². The smallest absolute Gasteiger partial charge is 0.176 e. The lowest BCUT2D eigenvalue weighted by atomic mass is 10.1. The molecule has 0 unspecified atom stereocenters. The Balaban J connectivity index is 2.20. The molecule has 2 N–H and O–H groups in total. The number of benzene rings is 1. The van der Waals surface area contributed by atoms with E-state index in [1.165, 1.54) is 0 Å². The van der Waals surface area contributed by atoms with Gasteiger partial charge in [-0.15, -0.1) is 5.10 Å². The lowest BCUT2D eigenvalue weighted by Gasteiger charge is -2.07. The fourth-order valence-electron chi connectivity index (χ4n) is 2.02. The number of nitrogens with zero attached hydrogens (tertiary/aromatic N) is 4. The second-order valence-electron chi connectivity index (χ2n) is 4.08. The quantitative estimate of drug-likeness (QED) is 0.770. The topological polar surface area (TPSA) is 69.6 Å². The molecule has 0 aliphatic heterocycles. The summed E-state index contributed by atoms with van der Waals surface area (Å²) in [6.45, 7) is 0.435. The van der Waals surface area contributed by atoms with Gasteiger partial charge >= 0.3 is 0 Å². The van der Waals surface area contributed by atoms with Crippen LogP contribution in [0.4, 0.5) is 0 Å². The molecule has 0 amide bonds. The van der Waals surface area contributed by atoms with Gasteiger partial charge in [0.2, 0.25) is 0 Å². The van der Waals surface area contributed by atoms with Crippen LogP contribution in [-0.2, 0) is 6.54 Å². The second-order valence-corrected chi connectivity index (χ2v) is 4.08. The first-order valence-corrected chi connectivity index (χ1v) is 6.00. The van der Waals surface area contributed by atoms with Gasteiger partial charge in [-0.05, 0) is 12.1 Å². The second kappa shape index (κ2) is 4.99. The summed E-state index contributed by atoms with van der Waals surface area (Å²) in [6.07, 6.45) is 3.41. The maximum Gasteiger partial charge on any atom is 0.176 e. The molecule has 2 heterocycles.